The third-order valence-electron chi connectivity index (χ3n) is 4.98. The number of pyridine rings is 1. The molecule has 1 aromatic heterocycles. The monoisotopic (exact) mass is 421 g/mol. The molecule has 162 valence electrons. The number of nitrogens with zero attached hydrogens (tertiary/aromatic N) is 2. The predicted molar refractivity (Wildman–Crippen MR) is 109 cm³/mol. The van der Waals surface area contributed by atoms with Crippen LogP contribution in [-0.4, -0.2) is 48.1 Å². The standard InChI is InChI=1S/C21H26F3N5O/c22-21(23,24)17-6-7-19(27-14-17)25-10-11-26-20(30)28-18-8-12-29(13-9-18)15-16-4-2-1-3-5-16/h1-7,14,18H,8-13,15H2,(H,25,27)(H2,26,28,30). The maximum absolute atomic E-state index is 12.5. The highest BCUT2D eigenvalue weighted by Crippen LogP contribution is 2.28. The van der Waals surface area contributed by atoms with Crippen LogP contribution < -0.4 is 16.0 Å². The van der Waals surface area contributed by atoms with E-state index in [9.17, 15) is 18.0 Å². The fraction of sp³-hybridized carbons (Fsp3) is 0.429. The number of alkyl halides is 3. The Morgan fingerprint density at radius 3 is 2.43 bits per heavy atom. The Hall–Kier alpha value is -2.81. The number of piperidine rings is 1. The van der Waals surface area contributed by atoms with Crippen LogP contribution in [0.1, 0.15) is 24.0 Å². The number of nitrogens with one attached hydrogen (secondary N) is 3. The van der Waals surface area contributed by atoms with Crippen molar-refractivity contribution in [1.82, 2.24) is 20.5 Å². The van der Waals surface area contributed by atoms with Gasteiger partial charge in [0.15, 0.2) is 0 Å². The molecule has 0 spiro atoms. The second kappa shape index (κ2) is 10.3. The first-order valence-electron chi connectivity index (χ1n) is 9.98. The molecule has 1 aliphatic heterocycles. The molecule has 2 heterocycles. The van der Waals surface area contributed by atoms with Gasteiger partial charge < -0.3 is 16.0 Å². The van der Waals surface area contributed by atoms with Crippen molar-refractivity contribution in [3.8, 4) is 0 Å². The third kappa shape index (κ3) is 6.91. The van der Waals surface area contributed by atoms with Gasteiger partial charge in [0.05, 0.1) is 5.56 Å². The van der Waals surface area contributed by atoms with E-state index in [0.717, 1.165) is 44.7 Å². The average Bonchev–Trinajstić information content (AvgIpc) is 2.73. The zero-order chi connectivity index (χ0) is 21.4. The third-order valence-corrected chi connectivity index (χ3v) is 4.98. The van der Waals surface area contributed by atoms with Gasteiger partial charge in [0.25, 0.3) is 0 Å². The molecule has 0 aliphatic carbocycles. The topological polar surface area (TPSA) is 69.3 Å². The summed E-state index contributed by atoms with van der Waals surface area (Å²) in [6.45, 7) is 3.48. The van der Waals surface area contributed by atoms with E-state index < -0.39 is 11.7 Å². The highest BCUT2D eigenvalue weighted by molar-refractivity contribution is 5.74. The summed E-state index contributed by atoms with van der Waals surface area (Å²) in [5.74, 6) is 0.330. The van der Waals surface area contributed by atoms with E-state index in [1.54, 1.807) is 0 Å². The Kier molecular flexibility index (Phi) is 7.51. The minimum Gasteiger partial charge on any atom is -0.368 e. The number of hydrogen-bond acceptors (Lipinski definition) is 4. The number of likely N-dealkylation sites (tertiary alicyclic amines) is 1. The minimum absolute atomic E-state index is 0.140. The van der Waals surface area contributed by atoms with Crippen molar-refractivity contribution in [2.45, 2.75) is 31.6 Å². The summed E-state index contributed by atoms with van der Waals surface area (Å²) in [7, 11) is 0. The van der Waals surface area contributed by atoms with Crippen LogP contribution in [0.2, 0.25) is 0 Å². The Balaban J connectivity index is 1.29. The van der Waals surface area contributed by atoms with Crippen molar-refractivity contribution in [2.24, 2.45) is 0 Å². The molecule has 2 aromatic rings. The Morgan fingerprint density at radius 2 is 1.80 bits per heavy atom. The lowest BCUT2D eigenvalue weighted by Gasteiger charge is -2.32. The summed E-state index contributed by atoms with van der Waals surface area (Å²) in [6, 6.07) is 12.5. The summed E-state index contributed by atoms with van der Waals surface area (Å²) in [4.78, 5) is 18.2. The number of halogens is 3. The van der Waals surface area contributed by atoms with Crippen LogP contribution in [0, 0.1) is 0 Å². The van der Waals surface area contributed by atoms with Crippen molar-refractivity contribution < 1.29 is 18.0 Å². The molecule has 2 amide bonds. The number of hydrogen-bond donors (Lipinski definition) is 3. The molecule has 0 saturated carbocycles. The number of benzene rings is 1. The first-order chi connectivity index (χ1) is 14.4. The van der Waals surface area contributed by atoms with E-state index in [2.05, 4.69) is 38.0 Å². The predicted octanol–water partition coefficient (Wildman–Crippen LogP) is 3.48. The van der Waals surface area contributed by atoms with Crippen molar-refractivity contribution in [3.05, 3.63) is 59.8 Å². The van der Waals surface area contributed by atoms with Gasteiger partial charge >= 0.3 is 12.2 Å². The highest BCUT2D eigenvalue weighted by Gasteiger charge is 2.30. The normalized spacial score (nSPS) is 15.6. The van der Waals surface area contributed by atoms with Crippen LogP contribution in [0.3, 0.4) is 0 Å². The molecule has 0 radical (unpaired) electrons. The van der Waals surface area contributed by atoms with E-state index in [4.69, 9.17) is 0 Å². The molecule has 3 N–H and O–H groups in total. The molecule has 6 nitrogen and oxygen atoms in total. The summed E-state index contributed by atoms with van der Waals surface area (Å²) in [5, 5.41) is 8.62. The summed E-state index contributed by atoms with van der Waals surface area (Å²) in [6.07, 6.45) is -1.82. The van der Waals surface area contributed by atoms with E-state index in [1.807, 2.05) is 18.2 Å². The van der Waals surface area contributed by atoms with Crippen LogP contribution >= 0.6 is 0 Å². The Morgan fingerprint density at radius 1 is 1.07 bits per heavy atom. The van der Waals surface area contributed by atoms with Crippen molar-refractivity contribution in [1.29, 1.82) is 0 Å². The molecule has 30 heavy (non-hydrogen) atoms. The Bertz CT molecular complexity index is 791. The second-order valence-electron chi connectivity index (χ2n) is 7.29. The maximum atomic E-state index is 12.5. The van der Waals surface area contributed by atoms with Crippen LogP contribution in [0.25, 0.3) is 0 Å². The first-order valence-corrected chi connectivity index (χ1v) is 9.98. The number of anilines is 1. The molecule has 0 bridgehead atoms. The molecule has 0 unspecified atom stereocenters. The Labute approximate surface area is 173 Å². The molecule has 9 heteroatoms. The number of urea groups is 1. The average molecular weight is 421 g/mol. The maximum Gasteiger partial charge on any atom is 0.417 e. The number of aromatic nitrogens is 1. The van der Waals surface area contributed by atoms with E-state index in [1.165, 1.54) is 11.6 Å². The van der Waals surface area contributed by atoms with Crippen molar-refractivity contribution in [2.75, 3.05) is 31.5 Å². The fourth-order valence-corrected chi connectivity index (χ4v) is 3.35. The summed E-state index contributed by atoms with van der Waals surface area (Å²) >= 11 is 0. The van der Waals surface area contributed by atoms with Crippen molar-refractivity contribution in [3.63, 3.8) is 0 Å². The van der Waals surface area contributed by atoms with E-state index in [-0.39, 0.29) is 12.1 Å². The lowest BCUT2D eigenvalue weighted by atomic mass is 10.0. The molecular weight excluding hydrogens is 395 g/mol. The van der Waals surface area contributed by atoms with Gasteiger partial charge in [0, 0.05) is 45.0 Å². The number of carbonyl (C=O) groups excluding carboxylic acids is 1. The van der Waals surface area contributed by atoms with Crippen LogP contribution in [0.5, 0.6) is 0 Å². The zero-order valence-corrected chi connectivity index (χ0v) is 16.6. The van der Waals surface area contributed by atoms with E-state index >= 15 is 0 Å². The molecule has 1 aromatic carbocycles. The van der Waals surface area contributed by atoms with Gasteiger partial charge in [0.1, 0.15) is 5.82 Å². The van der Waals surface area contributed by atoms with Crippen LogP contribution in [-0.2, 0) is 12.7 Å². The van der Waals surface area contributed by atoms with Gasteiger partial charge in [-0.05, 0) is 30.5 Å². The van der Waals surface area contributed by atoms with Crippen LogP contribution in [0.15, 0.2) is 48.7 Å². The van der Waals surface area contributed by atoms with Gasteiger partial charge in [0.2, 0.25) is 0 Å². The molecule has 1 fully saturated rings. The molecule has 1 aliphatic rings. The lowest BCUT2D eigenvalue weighted by Crippen LogP contribution is -2.48. The van der Waals surface area contributed by atoms with Gasteiger partial charge in [-0.1, -0.05) is 30.3 Å². The minimum atomic E-state index is -4.40. The molecule has 3 rings (SSSR count). The summed E-state index contributed by atoms with van der Waals surface area (Å²) in [5.41, 5.74) is 0.497. The van der Waals surface area contributed by atoms with Gasteiger partial charge in [-0.3, -0.25) is 4.90 Å². The van der Waals surface area contributed by atoms with Gasteiger partial charge in [-0.25, -0.2) is 9.78 Å². The molecule has 0 atom stereocenters. The number of amides is 2. The first kappa shape index (κ1) is 21.9. The van der Waals surface area contributed by atoms with Gasteiger partial charge in [-0.15, -0.1) is 0 Å². The van der Waals surface area contributed by atoms with Crippen LogP contribution in [0.4, 0.5) is 23.8 Å². The molecule has 1 saturated heterocycles. The second-order valence-corrected chi connectivity index (χ2v) is 7.29. The quantitative estimate of drug-likeness (QED) is 0.599. The number of carbonyl (C=O) groups is 1. The van der Waals surface area contributed by atoms with Gasteiger partial charge in [-0.2, -0.15) is 13.2 Å². The summed E-state index contributed by atoms with van der Waals surface area (Å²) < 4.78 is 37.5. The zero-order valence-electron chi connectivity index (χ0n) is 16.6. The largest absolute Gasteiger partial charge is 0.417 e. The number of rotatable bonds is 7. The van der Waals surface area contributed by atoms with E-state index in [0.29, 0.717) is 18.9 Å². The fourth-order valence-electron chi connectivity index (χ4n) is 3.35. The lowest BCUT2D eigenvalue weighted by molar-refractivity contribution is -0.137. The molecular formula is C21H26F3N5O. The SMILES string of the molecule is O=C(NCCNc1ccc(C(F)(F)F)cn1)NC1CCN(Cc2ccccc2)CC1. The van der Waals surface area contributed by atoms with Crippen molar-refractivity contribution >= 4 is 11.8 Å². The smallest absolute Gasteiger partial charge is 0.368 e. The highest BCUT2D eigenvalue weighted by atomic mass is 19.4.